The molecule has 1 aliphatic rings. The van der Waals surface area contributed by atoms with E-state index in [1.807, 2.05) is 13.8 Å². The number of carbonyl (C=O) groups excluding carboxylic acids is 2. The smallest absolute Gasteiger partial charge is 0.307 e. The Bertz CT molecular complexity index is 370. The third-order valence-electron chi connectivity index (χ3n) is 3.68. The second kappa shape index (κ2) is 7.87. The highest BCUT2D eigenvalue weighted by Crippen LogP contribution is 2.36. The molecule has 1 aliphatic carbocycles. The molecule has 0 radical (unpaired) electrons. The van der Waals surface area contributed by atoms with Gasteiger partial charge in [0.05, 0.1) is 11.8 Å². The van der Waals surface area contributed by atoms with Crippen molar-refractivity contribution in [2.24, 2.45) is 17.8 Å². The Hall–Kier alpha value is -1.59. The zero-order valence-electron chi connectivity index (χ0n) is 12.1. The molecule has 6 heteroatoms. The number of nitrogens with one attached hydrogen (secondary N) is 2. The highest BCUT2D eigenvalue weighted by atomic mass is 16.4. The summed E-state index contributed by atoms with van der Waals surface area (Å²) in [6.45, 7) is 4.82. The van der Waals surface area contributed by atoms with Crippen molar-refractivity contribution in [1.29, 1.82) is 0 Å². The average molecular weight is 284 g/mol. The molecule has 0 aromatic carbocycles. The lowest BCUT2D eigenvalue weighted by Gasteiger charge is -2.15. The first-order valence-electron chi connectivity index (χ1n) is 7.22. The molecule has 1 rings (SSSR count). The van der Waals surface area contributed by atoms with Crippen LogP contribution in [0.4, 0.5) is 0 Å². The minimum Gasteiger partial charge on any atom is -0.481 e. The minimum absolute atomic E-state index is 0.0956. The molecule has 20 heavy (non-hydrogen) atoms. The van der Waals surface area contributed by atoms with Crippen molar-refractivity contribution in [2.45, 2.75) is 39.5 Å². The number of amides is 2. The van der Waals surface area contributed by atoms with E-state index < -0.39 is 17.8 Å². The van der Waals surface area contributed by atoms with Gasteiger partial charge in [0.2, 0.25) is 11.8 Å². The van der Waals surface area contributed by atoms with Crippen LogP contribution in [0, 0.1) is 17.8 Å². The van der Waals surface area contributed by atoms with Crippen LogP contribution in [-0.2, 0) is 14.4 Å². The quantitative estimate of drug-likeness (QED) is 0.643. The summed E-state index contributed by atoms with van der Waals surface area (Å²) in [7, 11) is 0. The number of hydrogen-bond donors (Lipinski definition) is 3. The molecule has 114 valence electrons. The summed E-state index contributed by atoms with van der Waals surface area (Å²) in [5.41, 5.74) is 0. The number of aliphatic carboxylic acids is 1. The van der Waals surface area contributed by atoms with Gasteiger partial charge in [-0.3, -0.25) is 14.4 Å². The molecule has 0 aromatic rings. The minimum atomic E-state index is -0.907. The van der Waals surface area contributed by atoms with Gasteiger partial charge in [-0.2, -0.15) is 0 Å². The van der Waals surface area contributed by atoms with E-state index in [1.165, 1.54) is 0 Å². The number of carboxylic acids is 1. The Balaban J connectivity index is 2.35. The van der Waals surface area contributed by atoms with Crippen LogP contribution in [0.25, 0.3) is 0 Å². The summed E-state index contributed by atoms with van der Waals surface area (Å²) < 4.78 is 0. The maximum atomic E-state index is 12.0. The predicted molar refractivity (Wildman–Crippen MR) is 73.9 cm³/mol. The van der Waals surface area contributed by atoms with Crippen molar-refractivity contribution in [3.8, 4) is 0 Å². The van der Waals surface area contributed by atoms with Gasteiger partial charge >= 0.3 is 5.97 Å². The Labute approximate surface area is 119 Å². The molecule has 0 saturated heterocycles. The standard InChI is InChI=1S/C14H24N2O4/c1-3-5-15-12(17)4-6-16-13(18)10-7-9(2)8-11(10)14(19)20/h9-11H,3-8H2,1-2H3,(H,15,17)(H,16,18)(H,19,20). The van der Waals surface area contributed by atoms with Crippen molar-refractivity contribution < 1.29 is 19.5 Å². The molecule has 6 nitrogen and oxygen atoms in total. The van der Waals surface area contributed by atoms with E-state index in [4.69, 9.17) is 5.11 Å². The zero-order valence-corrected chi connectivity index (χ0v) is 12.1. The third kappa shape index (κ3) is 4.83. The van der Waals surface area contributed by atoms with Gasteiger partial charge in [0, 0.05) is 19.5 Å². The highest BCUT2D eigenvalue weighted by molar-refractivity contribution is 5.85. The van der Waals surface area contributed by atoms with Crippen molar-refractivity contribution in [1.82, 2.24) is 10.6 Å². The van der Waals surface area contributed by atoms with Crippen LogP contribution in [0.2, 0.25) is 0 Å². The summed E-state index contributed by atoms with van der Waals surface area (Å²) in [5.74, 6) is -2.07. The van der Waals surface area contributed by atoms with Gasteiger partial charge in [-0.1, -0.05) is 13.8 Å². The number of carboxylic acid groups (broad SMARTS) is 1. The van der Waals surface area contributed by atoms with Gasteiger partial charge < -0.3 is 15.7 Å². The Kier molecular flexibility index (Phi) is 6.48. The summed E-state index contributed by atoms with van der Waals surface area (Å²) >= 11 is 0. The normalized spacial score (nSPS) is 25.2. The van der Waals surface area contributed by atoms with E-state index in [0.717, 1.165) is 6.42 Å². The first kappa shape index (κ1) is 16.5. The fourth-order valence-corrected chi connectivity index (χ4v) is 2.64. The molecule has 0 bridgehead atoms. The topological polar surface area (TPSA) is 95.5 Å². The number of carbonyl (C=O) groups is 3. The zero-order chi connectivity index (χ0) is 15.1. The SMILES string of the molecule is CCCNC(=O)CCNC(=O)C1CC(C)CC1C(=O)O. The predicted octanol–water partition coefficient (Wildman–Crippen LogP) is 0.766. The maximum absolute atomic E-state index is 12.0. The summed E-state index contributed by atoms with van der Waals surface area (Å²) in [5, 5.41) is 14.5. The Morgan fingerprint density at radius 1 is 1.10 bits per heavy atom. The number of rotatable bonds is 7. The second-order valence-electron chi connectivity index (χ2n) is 5.52. The first-order valence-corrected chi connectivity index (χ1v) is 7.22. The number of hydrogen-bond acceptors (Lipinski definition) is 3. The van der Waals surface area contributed by atoms with E-state index in [9.17, 15) is 14.4 Å². The highest BCUT2D eigenvalue weighted by Gasteiger charge is 2.40. The molecule has 0 aliphatic heterocycles. The average Bonchev–Trinajstić information content (AvgIpc) is 2.78. The lowest BCUT2D eigenvalue weighted by molar-refractivity contribution is -0.146. The largest absolute Gasteiger partial charge is 0.481 e. The monoisotopic (exact) mass is 284 g/mol. The van der Waals surface area contributed by atoms with Crippen molar-refractivity contribution in [3.63, 3.8) is 0 Å². The fraction of sp³-hybridized carbons (Fsp3) is 0.786. The van der Waals surface area contributed by atoms with Crippen LogP contribution in [0.15, 0.2) is 0 Å². The van der Waals surface area contributed by atoms with Crippen LogP contribution < -0.4 is 10.6 Å². The molecule has 0 heterocycles. The molecule has 1 fully saturated rings. The second-order valence-corrected chi connectivity index (χ2v) is 5.52. The van der Waals surface area contributed by atoms with Crippen LogP contribution >= 0.6 is 0 Å². The molecule has 0 spiro atoms. The van der Waals surface area contributed by atoms with Crippen molar-refractivity contribution >= 4 is 17.8 Å². The summed E-state index contributed by atoms with van der Waals surface area (Å²) in [4.78, 5) is 34.5. The summed E-state index contributed by atoms with van der Waals surface area (Å²) in [6.07, 6.45) is 2.25. The lowest BCUT2D eigenvalue weighted by atomic mass is 9.95. The van der Waals surface area contributed by atoms with E-state index in [1.54, 1.807) is 0 Å². The molecule has 0 aromatic heterocycles. The molecule has 2 amide bonds. The Morgan fingerprint density at radius 3 is 2.35 bits per heavy atom. The van der Waals surface area contributed by atoms with E-state index >= 15 is 0 Å². The van der Waals surface area contributed by atoms with Crippen LogP contribution in [-0.4, -0.2) is 36.0 Å². The van der Waals surface area contributed by atoms with E-state index in [0.29, 0.717) is 19.4 Å². The van der Waals surface area contributed by atoms with Gasteiger partial charge in [0.25, 0.3) is 0 Å². The fourth-order valence-electron chi connectivity index (χ4n) is 2.64. The molecule has 3 atom stereocenters. The molecule has 3 unspecified atom stereocenters. The van der Waals surface area contributed by atoms with Gasteiger partial charge in [-0.15, -0.1) is 0 Å². The molecular formula is C14H24N2O4. The lowest BCUT2D eigenvalue weighted by Crippen LogP contribution is -2.37. The van der Waals surface area contributed by atoms with E-state index in [2.05, 4.69) is 10.6 Å². The van der Waals surface area contributed by atoms with Crippen LogP contribution in [0.3, 0.4) is 0 Å². The van der Waals surface area contributed by atoms with Gasteiger partial charge in [-0.25, -0.2) is 0 Å². The van der Waals surface area contributed by atoms with Gasteiger partial charge in [-0.05, 0) is 25.2 Å². The molecule has 1 saturated carbocycles. The Morgan fingerprint density at radius 2 is 1.75 bits per heavy atom. The maximum Gasteiger partial charge on any atom is 0.307 e. The third-order valence-corrected chi connectivity index (χ3v) is 3.68. The van der Waals surface area contributed by atoms with Crippen LogP contribution in [0.5, 0.6) is 0 Å². The molecule has 3 N–H and O–H groups in total. The first-order chi connectivity index (χ1) is 9.45. The van der Waals surface area contributed by atoms with Crippen molar-refractivity contribution in [2.75, 3.05) is 13.1 Å². The van der Waals surface area contributed by atoms with E-state index in [-0.39, 0.29) is 30.7 Å². The van der Waals surface area contributed by atoms with Crippen molar-refractivity contribution in [3.05, 3.63) is 0 Å². The van der Waals surface area contributed by atoms with Gasteiger partial charge in [0.15, 0.2) is 0 Å². The van der Waals surface area contributed by atoms with Crippen LogP contribution in [0.1, 0.15) is 39.5 Å². The van der Waals surface area contributed by atoms with Gasteiger partial charge in [0.1, 0.15) is 0 Å². The summed E-state index contributed by atoms with van der Waals surface area (Å²) in [6, 6.07) is 0. The molecular weight excluding hydrogens is 260 g/mol.